The van der Waals surface area contributed by atoms with E-state index in [0.29, 0.717) is 54.4 Å². The number of fused-ring (bicyclic) bond motifs is 6. The third-order valence-electron chi connectivity index (χ3n) is 6.84. The number of hydrogen-bond donors (Lipinski definition) is 3. The topological polar surface area (TPSA) is 164 Å². The number of nitrogens with two attached hydrogens (primary N) is 1. The molecule has 3 aliphatic rings. The first-order chi connectivity index (χ1) is 18.0. The molecule has 0 unspecified atom stereocenters. The van der Waals surface area contributed by atoms with Crippen molar-refractivity contribution in [3.8, 4) is 22.9 Å². The molecule has 1 atom stereocenters. The smallest absolute Gasteiger partial charge is 0.340 e. The number of aliphatic hydroxyl groups excluding tert-OH is 1. The largest absolute Gasteiger partial charge is 0.458 e. The summed E-state index contributed by atoms with van der Waals surface area (Å²) in [6.45, 7) is 0.597. The molecule has 12 nitrogen and oxygen atoms in total. The van der Waals surface area contributed by atoms with Crippen molar-refractivity contribution in [3.05, 3.63) is 50.8 Å². The van der Waals surface area contributed by atoms with Gasteiger partial charge in [-0.05, 0) is 30.5 Å². The molecule has 192 valence electrons. The van der Waals surface area contributed by atoms with Crippen LogP contribution >= 0.6 is 0 Å². The second-order valence-corrected chi connectivity index (χ2v) is 8.97. The Kier molecular flexibility index (Phi) is 5.78. The maximum Gasteiger partial charge on any atom is 0.340 e. The number of ether oxygens (including phenoxy) is 4. The summed E-state index contributed by atoms with van der Waals surface area (Å²) in [5.41, 5.74) is 9.17. The quantitative estimate of drug-likeness (QED) is 0.179. The predicted octanol–water partition coefficient (Wildman–Crippen LogP) is 0.226. The zero-order valence-electron chi connectivity index (χ0n) is 19.7. The lowest BCUT2D eigenvalue weighted by Gasteiger charge is -2.21. The molecule has 1 aromatic carbocycles. The molecule has 0 bridgehead atoms. The van der Waals surface area contributed by atoms with E-state index in [1.807, 2.05) is 12.1 Å². The minimum absolute atomic E-state index is 0.0689. The van der Waals surface area contributed by atoms with Crippen LogP contribution in [0.3, 0.4) is 0 Å². The molecule has 6 rings (SSSR count). The Morgan fingerprint density at radius 1 is 1.19 bits per heavy atom. The lowest BCUT2D eigenvalue weighted by atomic mass is 9.96. The average molecular weight is 508 g/mol. The van der Waals surface area contributed by atoms with Gasteiger partial charge in [0.1, 0.15) is 13.3 Å². The van der Waals surface area contributed by atoms with Crippen LogP contribution in [0.4, 0.5) is 0 Å². The third kappa shape index (κ3) is 3.89. The zero-order chi connectivity index (χ0) is 25.7. The summed E-state index contributed by atoms with van der Waals surface area (Å²) in [4.78, 5) is 41.4. The highest BCUT2D eigenvalue weighted by Gasteiger charge is 2.35. The van der Waals surface area contributed by atoms with E-state index in [1.54, 1.807) is 10.6 Å². The number of nitrogens with one attached hydrogen (secondary N) is 1. The highest BCUT2D eigenvalue weighted by atomic mass is 16.7. The number of aromatic nitrogens is 2. The van der Waals surface area contributed by atoms with Gasteiger partial charge >= 0.3 is 5.97 Å². The SMILES string of the molecule is NCC(=O)NCOCCCc1c2c(nc3cc4c(cc13)OCO4)-c1cc3c(c(=O)n1C2)COC(=O)[C@H]3O. The van der Waals surface area contributed by atoms with Gasteiger partial charge in [-0.3, -0.25) is 9.59 Å². The Bertz CT molecular complexity index is 1520. The molecule has 0 fully saturated rings. The van der Waals surface area contributed by atoms with Gasteiger partial charge in [-0.25, -0.2) is 9.78 Å². The molecule has 0 radical (unpaired) electrons. The van der Waals surface area contributed by atoms with Crippen LogP contribution in [0.25, 0.3) is 22.3 Å². The number of hydrogen-bond acceptors (Lipinski definition) is 10. The monoisotopic (exact) mass is 508 g/mol. The molecule has 3 aliphatic heterocycles. The first-order valence-corrected chi connectivity index (χ1v) is 11.9. The molecular weight excluding hydrogens is 484 g/mol. The highest BCUT2D eigenvalue weighted by molar-refractivity contribution is 5.91. The number of carbonyl (C=O) groups excluding carboxylic acids is 2. The minimum atomic E-state index is -1.52. The predicted molar refractivity (Wildman–Crippen MR) is 128 cm³/mol. The maximum atomic E-state index is 13.3. The maximum absolute atomic E-state index is 13.3. The van der Waals surface area contributed by atoms with E-state index in [2.05, 4.69) is 5.32 Å². The fraction of sp³-hybridized carbons (Fsp3) is 0.360. The number of esters is 1. The molecule has 37 heavy (non-hydrogen) atoms. The zero-order valence-corrected chi connectivity index (χ0v) is 19.7. The fourth-order valence-corrected chi connectivity index (χ4v) is 5.01. The van der Waals surface area contributed by atoms with Crippen molar-refractivity contribution in [2.24, 2.45) is 5.73 Å². The van der Waals surface area contributed by atoms with Crippen LogP contribution in [0.2, 0.25) is 0 Å². The molecule has 0 saturated heterocycles. The molecule has 5 heterocycles. The Labute approximate surface area is 209 Å². The van der Waals surface area contributed by atoms with Crippen LogP contribution < -0.4 is 26.1 Å². The number of amides is 1. The van der Waals surface area contributed by atoms with Crippen LogP contribution in [-0.2, 0) is 38.6 Å². The van der Waals surface area contributed by atoms with E-state index < -0.39 is 12.1 Å². The van der Waals surface area contributed by atoms with Gasteiger partial charge in [0.05, 0.1) is 35.6 Å². The number of aliphatic hydroxyl groups is 1. The third-order valence-corrected chi connectivity index (χ3v) is 6.84. The van der Waals surface area contributed by atoms with Crippen molar-refractivity contribution >= 4 is 22.8 Å². The van der Waals surface area contributed by atoms with E-state index in [-0.39, 0.29) is 49.3 Å². The number of nitrogens with zero attached hydrogens (tertiary/aromatic N) is 2. The van der Waals surface area contributed by atoms with Gasteiger partial charge in [0.15, 0.2) is 17.6 Å². The van der Waals surface area contributed by atoms with Gasteiger partial charge in [-0.1, -0.05) is 0 Å². The van der Waals surface area contributed by atoms with Gasteiger partial charge in [-0.15, -0.1) is 0 Å². The Hall–Kier alpha value is -4.00. The van der Waals surface area contributed by atoms with Crippen LogP contribution in [0.15, 0.2) is 23.0 Å². The molecule has 3 aromatic rings. The van der Waals surface area contributed by atoms with Gasteiger partial charge in [-0.2, -0.15) is 0 Å². The summed E-state index contributed by atoms with van der Waals surface area (Å²) in [6, 6.07) is 5.37. The summed E-state index contributed by atoms with van der Waals surface area (Å²) < 4.78 is 23.2. The molecule has 0 aliphatic carbocycles. The lowest BCUT2D eigenvalue weighted by molar-refractivity contribution is -0.157. The fourth-order valence-electron chi connectivity index (χ4n) is 5.01. The first kappa shape index (κ1) is 23.4. The van der Waals surface area contributed by atoms with Crippen molar-refractivity contribution in [1.29, 1.82) is 0 Å². The van der Waals surface area contributed by atoms with Crippen LogP contribution in [0, 0.1) is 0 Å². The molecule has 1 amide bonds. The van der Waals surface area contributed by atoms with Crippen molar-refractivity contribution in [1.82, 2.24) is 14.9 Å². The molecule has 2 aromatic heterocycles. The number of cyclic esters (lactones) is 1. The van der Waals surface area contributed by atoms with E-state index in [0.717, 1.165) is 16.5 Å². The second kappa shape index (κ2) is 9.14. The molecule has 0 saturated carbocycles. The van der Waals surface area contributed by atoms with E-state index in [9.17, 15) is 19.5 Å². The summed E-state index contributed by atoms with van der Waals surface area (Å²) in [5.74, 6) is 0.136. The molecule has 0 spiro atoms. The van der Waals surface area contributed by atoms with Crippen molar-refractivity contribution in [3.63, 3.8) is 0 Å². The lowest BCUT2D eigenvalue weighted by Crippen LogP contribution is -2.32. The number of aryl methyl sites for hydroxylation is 1. The summed E-state index contributed by atoms with van der Waals surface area (Å²) in [5, 5.41) is 13.8. The average Bonchev–Trinajstić information content (AvgIpc) is 3.51. The number of carbonyl (C=O) groups is 2. The minimum Gasteiger partial charge on any atom is -0.458 e. The van der Waals surface area contributed by atoms with Crippen molar-refractivity contribution < 1.29 is 33.6 Å². The van der Waals surface area contributed by atoms with Gasteiger partial charge in [0.2, 0.25) is 12.7 Å². The second-order valence-electron chi connectivity index (χ2n) is 8.97. The van der Waals surface area contributed by atoms with E-state index in [1.165, 1.54) is 0 Å². The molecule has 4 N–H and O–H groups in total. The van der Waals surface area contributed by atoms with Crippen LogP contribution in [-0.4, -0.2) is 53.2 Å². The Morgan fingerprint density at radius 2 is 2.00 bits per heavy atom. The van der Waals surface area contributed by atoms with E-state index in [4.69, 9.17) is 29.7 Å². The Morgan fingerprint density at radius 3 is 2.81 bits per heavy atom. The van der Waals surface area contributed by atoms with Crippen molar-refractivity contribution in [2.75, 3.05) is 26.7 Å². The molecular formula is C25H24N4O8. The highest BCUT2D eigenvalue weighted by Crippen LogP contribution is 2.42. The van der Waals surface area contributed by atoms with Gasteiger partial charge in [0, 0.05) is 29.2 Å². The molecule has 12 heteroatoms. The normalized spacial score (nSPS) is 16.8. The number of benzene rings is 1. The summed E-state index contributed by atoms with van der Waals surface area (Å²) in [6.07, 6.45) is -0.267. The first-order valence-electron chi connectivity index (χ1n) is 11.9. The van der Waals surface area contributed by atoms with Gasteiger partial charge in [0.25, 0.3) is 5.56 Å². The summed E-state index contributed by atoms with van der Waals surface area (Å²) >= 11 is 0. The Balaban J connectivity index is 1.39. The van der Waals surface area contributed by atoms with Crippen molar-refractivity contribution in [2.45, 2.75) is 32.1 Å². The van der Waals surface area contributed by atoms with E-state index >= 15 is 0 Å². The number of rotatable bonds is 7. The standard InChI is InChI=1S/C25H24N4O8/c26-7-21(30)27-10-34-3-1-2-12-13-5-19-20(37-11-36-19)6-17(13)28-22-15(12)8-29-18(22)4-14-16(24(29)32)9-35-25(33)23(14)31/h4-6,23,31H,1-3,7-11,26H2,(H,27,30)/t23-/m0/s1. The van der Waals surface area contributed by atoms with Gasteiger partial charge < -0.3 is 39.7 Å². The summed E-state index contributed by atoms with van der Waals surface area (Å²) in [7, 11) is 0. The van der Waals surface area contributed by atoms with Crippen LogP contribution in [0.1, 0.15) is 34.8 Å². The van der Waals surface area contributed by atoms with Crippen LogP contribution in [0.5, 0.6) is 11.5 Å². The number of pyridine rings is 2.